The predicted octanol–water partition coefficient (Wildman–Crippen LogP) is 2.01. The van der Waals surface area contributed by atoms with Crippen molar-refractivity contribution in [1.29, 1.82) is 0 Å². The fraction of sp³-hybridized carbons (Fsp3) is 0.154. The number of carbonyl (C=O) groups is 1. The normalized spacial score (nSPS) is 10.0. The summed E-state index contributed by atoms with van der Waals surface area (Å²) >= 11 is 0. The van der Waals surface area contributed by atoms with Crippen molar-refractivity contribution < 1.29 is 13.9 Å². The molecule has 0 amide bonds. The van der Waals surface area contributed by atoms with Crippen molar-refractivity contribution in [3.63, 3.8) is 0 Å². The van der Waals surface area contributed by atoms with E-state index < -0.39 is 11.8 Å². The second-order valence-corrected chi connectivity index (χ2v) is 3.73. The van der Waals surface area contributed by atoms with Crippen LogP contribution in [0.2, 0.25) is 0 Å². The van der Waals surface area contributed by atoms with Crippen LogP contribution in [0, 0.1) is 5.82 Å². The van der Waals surface area contributed by atoms with Crippen LogP contribution in [0.4, 0.5) is 10.1 Å². The maximum Gasteiger partial charge on any atom is 0.340 e. The number of halogens is 1. The van der Waals surface area contributed by atoms with E-state index in [0.29, 0.717) is 17.9 Å². The Balaban J connectivity index is 2.18. The molecule has 6 heteroatoms. The third-order valence-electron chi connectivity index (χ3n) is 2.46. The lowest BCUT2D eigenvalue weighted by atomic mass is 10.1. The van der Waals surface area contributed by atoms with Gasteiger partial charge in [0.05, 0.1) is 31.1 Å². The Morgan fingerprint density at radius 3 is 2.95 bits per heavy atom. The van der Waals surface area contributed by atoms with Gasteiger partial charge in [0.1, 0.15) is 5.82 Å². The maximum absolute atomic E-state index is 13.1. The number of nitrogens with zero attached hydrogens (tertiary/aromatic N) is 2. The topological polar surface area (TPSA) is 64.1 Å². The van der Waals surface area contributed by atoms with Gasteiger partial charge < -0.3 is 10.1 Å². The van der Waals surface area contributed by atoms with Crippen LogP contribution >= 0.6 is 0 Å². The summed E-state index contributed by atoms with van der Waals surface area (Å²) in [5.41, 5.74) is 1.34. The smallest absolute Gasteiger partial charge is 0.340 e. The Bertz CT molecular complexity index is 575. The van der Waals surface area contributed by atoms with E-state index in [9.17, 15) is 9.18 Å². The van der Waals surface area contributed by atoms with E-state index >= 15 is 0 Å². The number of methoxy groups -OCH3 is 1. The summed E-state index contributed by atoms with van der Waals surface area (Å²) in [7, 11) is 1.25. The zero-order valence-electron chi connectivity index (χ0n) is 10.3. The van der Waals surface area contributed by atoms with Crippen LogP contribution in [-0.4, -0.2) is 23.0 Å². The summed E-state index contributed by atoms with van der Waals surface area (Å²) in [5.74, 6) is -1.09. The van der Waals surface area contributed by atoms with Crippen molar-refractivity contribution in [2.24, 2.45) is 0 Å². The van der Waals surface area contributed by atoms with E-state index in [1.54, 1.807) is 18.6 Å². The number of rotatable bonds is 4. The van der Waals surface area contributed by atoms with Crippen LogP contribution in [0.15, 0.2) is 36.8 Å². The van der Waals surface area contributed by atoms with Crippen molar-refractivity contribution in [3.05, 3.63) is 53.9 Å². The summed E-state index contributed by atoms with van der Waals surface area (Å²) in [6, 6.07) is 3.88. The Hall–Kier alpha value is -2.50. The summed E-state index contributed by atoms with van der Waals surface area (Å²) in [4.78, 5) is 19.6. The van der Waals surface area contributed by atoms with Crippen molar-refractivity contribution in [2.45, 2.75) is 6.54 Å². The van der Waals surface area contributed by atoms with Gasteiger partial charge in [0.25, 0.3) is 0 Å². The lowest BCUT2D eigenvalue weighted by molar-refractivity contribution is 0.0601. The fourth-order valence-electron chi connectivity index (χ4n) is 1.56. The van der Waals surface area contributed by atoms with Crippen molar-refractivity contribution in [2.75, 3.05) is 12.4 Å². The molecule has 0 spiro atoms. The molecule has 0 fully saturated rings. The summed E-state index contributed by atoms with van der Waals surface area (Å²) in [5, 5.41) is 3.00. The van der Waals surface area contributed by atoms with Crippen molar-refractivity contribution in [3.8, 4) is 0 Å². The maximum atomic E-state index is 13.1. The second kappa shape index (κ2) is 5.90. The lowest BCUT2D eigenvalue weighted by Crippen LogP contribution is -2.09. The number of ether oxygens (including phenoxy) is 1. The predicted molar refractivity (Wildman–Crippen MR) is 67.1 cm³/mol. The zero-order chi connectivity index (χ0) is 13.7. The SMILES string of the molecule is COC(=O)c1cc(F)ccc1NCc1cnccn1. The first-order valence-electron chi connectivity index (χ1n) is 5.57. The fourth-order valence-corrected chi connectivity index (χ4v) is 1.56. The molecular weight excluding hydrogens is 249 g/mol. The quantitative estimate of drug-likeness (QED) is 0.853. The van der Waals surface area contributed by atoms with Crippen LogP contribution < -0.4 is 5.32 Å². The van der Waals surface area contributed by atoms with E-state index in [1.165, 1.54) is 19.2 Å². The standard InChI is InChI=1S/C13H12FN3O2/c1-19-13(18)11-6-9(14)2-3-12(11)17-8-10-7-15-4-5-16-10/h2-7,17H,8H2,1H3. The molecule has 0 saturated carbocycles. The highest BCUT2D eigenvalue weighted by Crippen LogP contribution is 2.18. The second-order valence-electron chi connectivity index (χ2n) is 3.73. The molecule has 0 radical (unpaired) electrons. The molecule has 0 aliphatic rings. The van der Waals surface area contributed by atoms with Crippen LogP contribution in [0.1, 0.15) is 16.1 Å². The molecule has 2 rings (SSSR count). The summed E-state index contributed by atoms with van der Waals surface area (Å²) < 4.78 is 17.8. The average Bonchev–Trinajstić information content (AvgIpc) is 2.46. The number of aromatic nitrogens is 2. The van der Waals surface area contributed by atoms with Gasteiger partial charge in [-0.15, -0.1) is 0 Å². The molecule has 1 aromatic heterocycles. The Kier molecular flexibility index (Phi) is 4.02. The molecule has 98 valence electrons. The number of hydrogen-bond donors (Lipinski definition) is 1. The molecule has 1 aromatic carbocycles. The highest BCUT2D eigenvalue weighted by atomic mass is 19.1. The number of esters is 1. The molecule has 0 aliphatic heterocycles. The first kappa shape index (κ1) is 12.9. The summed E-state index contributed by atoms with van der Waals surface area (Å²) in [6.45, 7) is 0.378. The van der Waals surface area contributed by atoms with Gasteiger partial charge in [-0.2, -0.15) is 0 Å². The van der Waals surface area contributed by atoms with Crippen LogP contribution in [0.5, 0.6) is 0 Å². The average molecular weight is 261 g/mol. The monoisotopic (exact) mass is 261 g/mol. The number of hydrogen-bond acceptors (Lipinski definition) is 5. The number of carbonyl (C=O) groups excluding carboxylic acids is 1. The summed E-state index contributed by atoms with van der Waals surface area (Å²) in [6.07, 6.45) is 4.75. The number of anilines is 1. The molecule has 5 nitrogen and oxygen atoms in total. The minimum Gasteiger partial charge on any atom is -0.465 e. The lowest BCUT2D eigenvalue weighted by Gasteiger charge is -2.10. The molecule has 0 aliphatic carbocycles. The van der Waals surface area contributed by atoms with E-state index in [4.69, 9.17) is 0 Å². The van der Waals surface area contributed by atoms with E-state index in [0.717, 1.165) is 6.07 Å². The van der Waals surface area contributed by atoms with Crippen molar-refractivity contribution in [1.82, 2.24) is 9.97 Å². The van der Waals surface area contributed by atoms with E-state index in [1.807, 2.05) is 0 Å². The van der Waals surface area contributed by atoms with Gasteiger partial charge in [-0.05, 0) is 18.2 Å². The van der Waals surface area contributed by atoms with Crippen LogP contribution in [0.3, 0.4) is 0 Å². The number of benzene rings is 1. The molecule has 0 bridgehead atoms. The molecule has 2 aromatic rings. The van der Waals surface area contributed by atoms with Gasteiger partial charge in [0.2, 0.25) is 0 Å². The van der Waals surface area contributed by atoms with Gasteiger partial charge in [-0.25, -0.2) is 9.18 Å². The molecular formula is C13H12FN3O2. The minimum atomic E-state index is -0.596. The van der Waals surface area contributed by atoms with Gasteiger partial charge in [0.15, 0.2) is 0 Å². The molecule has 19 heavy (non-hydrogen) atoms. The molecule has 0 unspecified atom stereocenters. The minimum absolute atomic E-state index is 0.145. The Morgan fingerprint density at radius 1 is 1.42 bits per heavy atom. The molecule has 0 saturated heterocycles. The van der Waals surface area contributed by atoms with Crippen molar-refractivity contribution >= 4 is 11.7 Å². The van der Waals surface area contributed by atoms with Crippen LogP contribution in [-0.2, 0) is 11.3 Å². The van der Waals surface area contributed by atoms with E-state index in [-0.39, 0.29) is 5.56 Å². The highest BCUT2D eigenvalue weighted by Gasteiger charge is 2.12. The van der Waals surface area contributed by atoms with E-state index in [2.05, 4.69) is 20.0 Å². The molecule has 1 N–H and O–H groups in total. The molecule has 1 heterocycles. The highest BCUT2D eigenvalue weighted by molar-refractivity contribution is 5.95. The van der Waals surface area contributed by atoms with Gasteiger partial charge in [-0.3, -0.25) is 9.97 Å². The van der Waals surface area contributed by atoms with Crippen LogP contribution in [0.25, 0.3) is 0 Å². The largest absolute Gasteiger partial charge is 0.465 e. The van der Waals surface area contributed by atoms with Gasteiger partial charge in [-0.1, -0.05) is 0 Å². The Labute approximate surface area is 109 Å². The first-order valence-corrected chi connectivity index (χ1v) is 5.57. The number of nitrogens with one attached hydrogen (secondary N) is 1. The van der Waals surface area contributed by atoms with Gasteiger partial charge in [0, 0.05) is 18.1 Å². The third kappa shape index (κ3) is 3.25. The Morgan fingerprint density at radius 2 is 2.26 bits per heavy atom. The first-order chi connectivity index (χ1) is 9.20. The molecule has 0 atom stereocenters. The zero-order valence-corrected chi connectivity index (χ0v) is 10.3. The van der Waals surface area contributed by atoms with Gasteiger partial charge >= 0.3 is 5.97 Å². The third-order valence-corrected chi connectivity index (χ3v) is 2.46.